The van der Waals surface area contributed by atoms with E-state index in [2.05, 4.69) is 20.2 Å². The number of aryl methyl sites for hydroxylation is 1. The highest BCUT2D eigenvalue weighted by molar-refractivity contribution is 7.13. The number of rotatable bonds is 10. The second-order valence-electron chi connectivity index (χ2n) is 5.23. The summed E-state index contributed by atoms with van der Waals surface area (Å²) >= 11 is 1.56. The minimum atomic E-state index is -0.220. The van der Waals surface area contributed by atoms with Crippen molar-refractivity contribution in [2.45, 2.75) is 38.5 Å². The Morgan fingerprint density at radius 2 is 2.17 bits per heavy atom. The molecule has 0 bridgehead atoms. The lowest BCUT2D eigenvalue weighted by Gasteiger charge is -2.04. The summed E-state index contributed by atoms with van der Waals surface area (Å²) in [4.78, 5) is 27.9. The fourth-order valence-corrected chi connectivity index (χ4v) is 2.72. The number of aromatic nitrogens is 2. The molecule has 0 unspecified atom stereocenters. The molecule has 0 fully saturated rings. The van der Waals surface area contributed by atoms with Crippen LogP contribution < -0.4 is 5.32 Å². The van der Waals surface area contributed by atoms with Gasteiger partial charge in [-0.1, -0.05) is 11.2 Å². The van der Waals surface area contributed by atoms with Crippen molar-refractivity contribution >= 4 is 23.2 Å². The molecule has 2 rings (SSSR count). The Morgan fingerprint density at radius 1 is 1.29 bits per heavy atom. The summed E-state index contributed by atoms with van der Waals surface area (Å²) in [5.74, 6) is 0.910. The van der Waals surface area contributed by atoms with Crippen LogP contribution in [0.25, 0.3) is 10.7 Å². The quantitative estimate of drug-likeness (QED) is 0.522. The number of methoxy groups -OCH3 is 1. The van der Waals surface area contributed by atoms with Crippen LogP contribution in [-0.2, 0) is 20.7 Å². The maximum Gasteiger partial charge on any atom is 0.305 e. The number of ether oxygens (including phenoxy) is 1. The molecule has 0 atom stereocenters. The topological polar surface area (TPSA) is 94.3 Å². The monoisotopic (exact) mass is 351 g/mol. The molecule has 0 aliphatic rings. The summed E-state index contributed by atoms with van der Waals surface area (Å²) in [5, 5.41) is 8.73. The van der Waals surface area contributed by atoms with Gasteiger partial charge in [0.2, 0.25) is 17.6 Å². The molecule has 2 heterocycles. The van der Waals surface area contributed by atoms with E-state index in [9.17, 15) is 9.59 Å². The normalized spacial score (nSPS) is 10.5. The third kappa shape index (κ3) is 6.11. The average molecular weight is 351 g/mol. The van der Waals surface area contributed by atoms with Crippen molar-refractivity contribution in [3.63, 3.8) is 0 Å². The summed E-state index contributed by atoms with van der Waals surface area (Å²) in [5.41, 5.74) is 0. The lowest BCUT2D eigenvalue weighted by atomic mass is 10.2. The highest BCUT2D eigenvalue weighted by atomic mass is 32.1. The van der Waals surface area contributed by atoms with Gasteiger partial charge in [0.15, 0.2) is 0 Å². The maximum atomic E-state index is 11.7. The third-order valence-electron chi connectivity index (χ3n) is 3.36. The van der Waals surface area contributed by atoms with Crippen LogP contribution in [0.3, 0.4) is 0 Å². The Labute approximate surface area is 144 Å². The van der Waals surface area contributed by atoms with Crippen LogP contribution in [0.1, 0.15) is 38.0 Å². The standard InChI is InChI=1S/C16H21N3O4S/c1-22-15(21)9-2-3-10-17-13(20)7-4-8-14-18-16(19-23-14)12-6-5-11-24-12/h5-6,11H,2-4,7-10H2,1H3,(H,17,20). The fourth-order valence-electron chi connectivity index (χ4n) is 2.08. The van der Waals surface area contributed by atoms with E-state index in [1.807, 2.05) is 17.5 Å². The van der Waals surface area contributed by atoms with E-state index < -0.39 is 0 Å². The molecule has 0 radical (unpaired) electrons. The lowest BCUT2D eigenvalue weighted by molar-refractivity contribution is -0.140. The van der Waals surface area contributed by atoms with Crippen LogP contribution in [0.5, 0.6) is 0 Å². The highest BCUT2D eigenvalue weighted by Gasteiger charge is 2.10. The molecule has 7 nitrogen and oxygen atoms in total. The molecule has 0 saturated heterocycles. The Bertz CT molecular complexity index is 640. The number of esters is 1. The Hall–Kier alpha value is -2.22. The van der Waals surface area contributed by atoms with Crippen molar-refractivity contribution in [2.75, 3.05) is 13.7 Å². The van der Waals surface area contributed by atoms with Crippen molar-refractivity contribution in [2.24, 2.45) is 0 Å². The molecule has 8 heteroatoms. The second kappa shape index (κ2) is 9.82. The third-order valence-corrected chi connectivity index (χ3v) is 4.23. The first-order valence-electron chi connectivity index (χ1n) is 7.89. The number of hydrogen-bond acceptors (Lipinski definition) is 7. The molecule has 1 amide bonds. The zero-order valence-corrected chi connectivity index (χ0v) is 14.4. The molecule has 0 spiro atoms. The van der Waals surface area contributed by atoms with E-state index in [-0.39, 0.29) is 11.9 Å². The Morgan fingerprint density at radius 3 is 2.92 bits per heavy atom. The van der Waals surface area contributed by atoms with Gasteiger partial charge in [-0.05, 0) is 30.7 Å². The lowest BCUT2D eigenvalue weighted by Crippen LogP contribution is -2.24. The van der Waals surface area contributed by atoms with Gasteiger partial charge in [-0.2, -0.15) is 4.98 Å². The van der Waals surface area contributed by atoms with E-state index in [4.69, 9.17) is 4.52 Å². The molecule has 130 valence electrons. The van der Waals surface area contributed by atoms with E-state index in [1.54, 1.807) is 11.3 Å². The van der Waals surface area contributed by atoms with Crippen LogP contribution in [0, 0.1) is 0 Å². The van der Waals surface area contributed by atoms with E-state index >= 15 is 0 Å². The zero-order valence-electron chi connectivity index (χ0n) is 13.6. The summed E-state index contributed by atoms with van der Waals surface area (Å²) < 4.78 is 9.74. The van der Waals surface area contributed by atoms with Crippen LogP contribution in [-0.4, -0.2) is 35.7 Å². The number of thiophene rings is 1. The first kappa shape index (κ1) is 18.1. The number of unbranched alkanes of at least 4 members (excludes halogenated alkanes) is 1. The van der Waals surface area contributed by atoms with E-state index in [1.165, 1.54) is 7.11 Å². The van der Waals surface area contributed by atoms with E-state index in [0.717, 1.165) is 11.3 Å². The number of carbonyl (C=O) groups is 2. The average Bonchev–Trinajstić information content (AvgIpc) is 3.25. The maximum absolute atomic E-state index is 11.7. The Kier molecular flexibility index (Phi) is 7.41. The van der Waals surface area contributed by atoms with Gasteiger partial charge in [0.25, 0.3) is 0 Å². The summed E-state index contributed by atoms with van der Waals surface area (Å²) in [6.45, 7) is 0.568. The van der Waals surface area contributed by atoms with Crippen molar-refractivity contribution in [1.29, 1.82) is 0 Å². The highest BCUT2D eigenvalue weighted by Crippen LogP contribution is 2.21. The number of nitrogens with one attached hydrogen (secondary N) is 1. The summed E-state index contributed by atoms with van der Waals surface area (Å²) in [6, 6.07) is 3.87. The smallest absolute Gasteiger partial charge is 0.305 e. The largest absolute Gasteiger partial charge is 0.469 e. The molecule has 0 saturated carbocycles. The zero-order chi connectivity index (χ0) is 17.2. The van der Waals surface area contributed by atoms with Crippen molar-refractivity contribution < 1.29 is 18.8 Å². The van der Waals surface area contributed by atoms with Gasteiger partial charge in [-0.25, -0.2) is 0 Å². The van der Waals surface area contributed by atoms with Crippen molar-refractivity contribution in [1.82, 2.24) is 15.5 Å². The van der Waals surface area contributed by atoms with Gasteiger partial charge >= 0.3 is 5.97 Å². The molecule has 1 N–H and O–H groups in total. The molecule has 0 aromatic carbocycles. The van der Waals surface area contributed by atoms with Gasteiger partial charge in [-0.3, -0.25) is 9.59 Å². The molecule has 0 aliphatic carbocycles. The molecular weight excluding hydrogens is 330 g/mol. The minimum Gasteiger partial charge on any atom is -0.469 e. The van der Waals surface area contributed by atoms with E-state index in [0.29, 0.717) is 50.4 Å². The molecule has 24 heavy (non-hydrogen) atoms. The number of amides is 1. The predicted octanol–water partition coefficient (Wildman–Crippen LogP) is 2.58. The SMILES string of the molecule is COC(=O)CCCCNC(=O)CCCc1nc(-c2cccs2)no1. The van der Waals surface area contributed by atoms with Crippen LogP contribution in [0.4, 0.5) is 0 Å². The summed E-state index contributed by atoms with van der Waals surface area (Å²) in [7, 11) is 1.37. The van der Waals surface area contributed by atoms with Crippen molar-refractivity contribution in [3.05, 3.63) is 23.4 Å². The van der Waals surface area contributed by atoms with Gasteiger partial charge in [0.1, 0.15) is 0 Å². The number of carbonyl (C=O) groups excluding carboxylic acids is 2. The van der Waals surface area contributed by atoms with Gasteiger partial charge < -0.3 is 14.6 Å². The number of hydrogen-bond donors (Lipinski definition) is 1. The van der Waals surface area contributed by atoms with Gasteiger partial charge in [0.05, 0.1) is 12.0 Å². The van der Waals surface area contributed by atoms with Crippen LogP contribution in [0.15, 0.2) is 22.0 Å². The summed E-state index contributed by atoms with van der Waals surface area (Å²) in [6.07, 6.45) is 3.49. The van der Waals surface area contributed by atoms with Gasteiger partial charge in [-0.15, -0.1) is 11.3 Å². The molecule has 0 aliphatic heterocycles. The first-order chi connectivity index (χ1) is 11.7. The molecule has 2 aromatic rings. The Balaban J connectivity index is 1.57. The second-order valence-corrected chi connectivity index (χ2v) is 6.17. The first-order valence-corrected chi connectivity index (χ1v) is 8.77. The predicted molar refractivity (Wildman–Crippen MR) is 89.4 cm³/mol. The molecular formula is C16H21N3O4S. The van der Waals surface area contributed by atoms with Crippen LogP contribution in [0.2, 0.25) is 0 Å². The minimum absolute atomic E-state index is 0.00827. The van der Waals surface area contributed by atoms with Crippen LogP contribution >= 0.6 is 11.3 Å². The fraction of sp³-hybridized carbons (Fsp3) is 0.500. The van der Waals surface area contributed by atoms with Crippen molar-refractivity contribution in [3.8, 4) is 10.7 Å². The number of nitrogens with zero attached hydrogens (tertiary/aromatic N) is 2. The van der Waals surface area contributed by atoms with Gasteiger partial charge in [0, 0.05) is 25.8 Å². The molecule has 2 aromatic heterocycles.